The first-order valence-corrected chi connectivity index (χ1v) is 7.34. The number of aliphatic hydroxyl groups is 1. The van der Waals surface area contributed by atoms with Crippen LogP contribution in [0.1, 0.15) is 33.8 Å². The molecular weight excluding hydrogens is 258 g/mol. The number of aromatic nitrogens is 2. The van der Waals surface area contributed by atoms with Gasteiger partial charge in [-0.3, -0.25) is 4.68 Å². The zero-order valence-electron chi connectivity index (χ0n) is 11.7. The highest BCUT2D eigenvalue weighted by Gasteiger charge is 2.11. The molecule has 2 rings (SSSR count). The van der Waals surface area contributed by atoms with E-state index in [4.69, 9.17) is 5.11 Å². The van der Waals surface area contributed by atoms with Gasteiger partial charge in [0.1, 0.15) is 0 Å². The molecule has 2 heterocycles. The van der Waals surface area contributed by atoms with Crippen LogP contribution < -0.4 is 5.32 Å². The maximum atomic E-state index is 8.85. The van der Waals surface area contributed by atoms with Crippen LogP contribution in [0.25, 0.3) is 0 Å². The average molecular weight is 279 g/mol. The number of hydrogen-bond acceptors (Lipinski definition) is 4. The lowest BCUT2D eigenvalue weighted by Gasteiger charge is -2.12. The van der Waals surface area contributed by atoms with E-state index in [2.05, 4.69) is 37.3 Å². The van der Waals surface area contributed by atoms with Gasteiger partial charge in [0.15, 0.2) is 0 Å². The maximum Gasteiger partial charge on any atom is 0.0640 e. The Morgan fingerprint density at radius 1 is 1.47 bits per heavy atom. The van der Waals surface area contributed by atoms with E-state index >= 15 is 0 Å². The summed E-state index contributed by atoms with van der Waals surface area (Å²) in [5.41, 5.74) is 2.52. The number of aliphatic hydroxyl groups excluding tert-OH is 1. The number of aryl methyl sites for hydroxylation is 2. The van der Waals surface area contributed by atoms with E-state index in [0.717, 1.165) is 12.1 Å². The van der Waals surface area contributed by atoms with Crippen molar-refractivity contribution in [1.82, 2.24) is 15.1 Å². The quantitative estimate of drug-likeness (QED) is 0.853. The lowest BCUT2D eigenvalue weighted by molar-refractivity contribution is 0.269. The van der Waals surface area contributed by atoms with Gasteiger partial charge in [0.05, 0.1) is 19.3 Å². The molecule has 0 aliphatic rings. The third-order valence-corrected chi connectivity index (χ3v) is 4.16. The van der Waals surface area contributed by atoms with Gasteiger partial charge in [-0.1, -0.05) is 0 Å². The number of hydrogen-bond donors (Lipinski definition) is 2. The fraction of sp³-hybridized carbons (Fsp3) is 0.500. The van der Waals surface area contributed by atoms with Gasteiger partial charge in [0, 0.05) is 34.1 Å². The van der Waals surface area contributed by atoms with Crippen molar-refractivity contribution in [3.8, 4) is 0 Å². The van der Waals surface area contributed by atoms with Gasteiger partial charge in [-0.15, -0.1) is 11.3 Å². The van der Waals surface area contributed by atoms with Gasteiger partial charge in [-0.05, 0) is 32.4 Å². The maximum absolute atomic E-state index is 8.85. The smallest absolute Gasteiger partial charge is 0.0640 e. The fourth-order valence-corrected chi connectivity index (χ4v) is 3.21. The van der Waals surface area contributed by atoms with Crippen LogP contribution in [0.5, 0.6) is 0 Å². The summed E-state index contributed by atoms with van der Waals surface area (Å²) in [6.07, 6.45) is 3.82. The van der Waals surface area contributed by atoms with Crippen molar-refractivity contribution in [2.24, 2.45) is 0 Å². The van der Waals surface area contributed by atoms with Gasteiger partial charge in [-0.2, -0.15) is 5.10 Å². The first-order chi connectivity index (χ1) is 9.10. The van der Waals surface area contributed by atoms with E-state index in [9.17, 15) is 0 Å². The Labute approximate surface area is 118 Å². The van der Waals surface area contributed by atoms with Crippen LogP contribution in [-0.4, -0.2) is 21.5 Å². The molecular formula is C14H21N3OS. The van der Waals surface area contributed by atoms with E-state index in [0.29, 0.717) is 12.6 Å². The highest BCUT2D eigenvalue weighted by molar-refractivity contribution is 7.12. The molecule has 4 nitrogen and oxygen atoms in total. The van der Waals surface area contributed by atoms with Gasteiger partial charge in [0.2, 0.25) is 0 Å². The van der Waals surface area contributed by atoms with Crippen LogP contribution in [0.3, 0.4) is 0 Å². The summed E-state index contributed by atoms with van der Waals surface area (Å²) in [7, 11) is 0. The normalized spacial score (nSPS) is 12.8. The fourth-order valence-electron chi connectivity index (χ4n) is 2.18. The van der Waals surface area contributed by atoms with Crippen molar-refractivity contribution in [3.63, 3.8) is 0 Å². The molecule has 5 heteroatoms. The Hall–Kier alpha value is -1.17. The molecule has 1 unspecified atom stereocenters. The Morgan fingerprint density at radius 2 is 2.26 bits per heavy atom. The Kier molecular flexibility index (Phi) is 4.74. The first-order valence-electron chi connectivity index (χ1n) is 6.52. The van der Waals surface area contributed by atoms with Gasteiger partial charge in [-0.25, -0.2) is 0 Å². The predicted octanol–water partition coefficient (Wildman–Crippen LogP) is 2.40. The number of nitrogens with zero attached hydrogens (tertiary/aromatic N) is 2. The molecule has 2 N–H and O–H groups in total. The highest BCUT2D eigenvalue weighted by atomic mass is 32.1. The van der Waals surface area contributed by atoms with Crippen molar-refractivity contribution in [1.29, 1.82) is 0 Å². The molecule has 0 fully saturated rings. The molecule has 0 aromatic carbocycles. The van der Waals surface area contributed by atoms with Crippen molar-refractivity contribution < 1.29 is 5.11 Å². The van der Waals surface area contributed by atoms with Crippen molar-refractivity contribution >= 4 is 11.3 Å². The molecule has 2 aromatic rings. The molecule has 0 aliphatic carbocycles. The lowest BCUT2D eigenvalue weighted by Crippen LogP contribution is -2.18. The SMILES string of the molecule is Cc1cc(C(C)NCc2cnn(CCO)c2)c(C)s1. The first kappa shape index (κ1) is 14.2. The van der Waals surface area contributed by atoms with E-state index in [1.54, 1.807) is 4.68 Å². The molecule has 0 saturated carbocycles. The minimum Gasteiger partial charge on any atom is -0.394 e. The zero-order chi connectivity index (χ0) is 13.8. The van der Waals surface area contributed by atoms with E-state index in [-0.39, 0.29) is 6.61 Å². The molecule has 0 bridgehead atoms. The van der Waals surface area contributed by atoms with Gasteiger partial charge >= 0.3 is 0 Å². The van der Waals surface area contributed by atoms with Crippen molar-refractivity contribution in [3.05, 3.63) is 39.3 Å². The minimum atomic E-state index is 0.123. The summed E-state index contributed by atoms with van der Waals surface area (Å²) < 4.78 is 1.77. The zero-order valence-corrected chi connectivity index (χ0v) is 12.5. The lowest BCUT2D eigenvalue weighted by atomic mass is 10.1. The number of nitrogens with one attached hydrogen (secondary N) is 1. The molecule has 104 valence electrons. The van der Waals surface area contributed by atoms with Gasteiger partial charge < -0.3 is 10.4 Å². The molecule has 0 aliphatic heterocycles. The largest absolute Gasteiger partial charge is 0.394 e. The third kappa shape index (κ3) is 3.65. The average Bonchev–Trinajstić information content (AvgIpc) is 2.93. The summed E-state index contributed by atoms with van der Waals surface area (Å²) in [5.74, 6) is 0. The molecule has 0 radical (unpaired) electrons. The Morgan fingerprint density at radius 3 is 2.89 bits per heavy atom. The summed E-state index contributed by atoms with van der Waals surface area (Å²) in [6.45, 7) is 7.97. The van der Waals surface area contributed by atoms with Crippen LogP contribution in [0.2, 0.25) is 0 Å². The standard InChI is InChI=1S/C14H21N3OS/c1-10-6-14(12(3)19-10)11(2)15-7-13-8-16-17(9-13)4-5-18/h6,8-9,11,15,18H,4-5,7H2,1-3H3. The van der Waals surface area contributed by atoms with Gasteiger partial charge in [0.25, 0.3) is 0 Å². The molecule has 0 spiro atoms. The molecule has 0 amide bonds. The number of rotatable bonds is 6. The second kappa shape index (κ2) is 6.32. The monoisotopic (exact) mass is 279 g/mol. The number of thiophene rings is 1. The van der Waals surface area contributed by atoms with E-state index in [1.807, 2.05) is 23.7 Å². The van der Waals surface area contributed by atoms with Crippen molar-refractivity contribution in [2.45, 2.75) is 39.9 Å². The van der Waals surface area contributed by atoms with Crippen LogP contribution >= 0.6 is 11.3 Å². The minimum absolute atomic E-state index is 0.123. The summed E-state index contributed by atoms with van der Waals surface area (Å²) in [4.78, 5) is 2.74. The van der Waals surface area contributed by atoms with E-state index < -0.39 is 0 Å². The predicted molar refractivity (Wildman–Crippen MR) is 78.4 cm³/mol. The van der Waals surface area contributed by atoms with Crippen molar-refractivity contribution in [2.75, 3.05) is 6.61 Å². The third-order valence-electron chi connectivity index (χ3n) is 3.17. The van der Waals surface area contributed by atoms with Crippen LogP contribution in [0, 0.1) is 13.8 Å². The molecule has 1 atom stereocenters. The summed E-state index contributed by atoms with van der Waals surface area (Å²) in [6, 6.07) is 2.60. The highest BCUT2D eigenvalue weighted by Crippen LogP contribution is 2.26. The topological polar surface area (TPSA) is 50.1 Å². The van der Waals surface area contributed by atoms with Crippen LogP contribution in [0.15, 0.2) is 18.5 Å². The van der Waals surface area contributed by atoms with E-state index in [1.165, 1.54) is 15.3 Å². The van der Waals surface area contributed by atoms with Crippen LogP contribution in [0.4, 0.5) is 0 Å². The second-order valence-electron chi connectivity index (χ2n) is 4.81. The Bertz CT molecular complexity index is 533. The second-order valence-corrected chi connectivity index (χ2v) is 6.27. The molecule has 19 heavy (non-hydrogen) atoms. The van der Waals surface area contributed by atoms with Crippen LogP contribution in [-0.2, 0) is 13.1 Å². The molecule has 2 aromatic heterocycles. The summed E-state index contributed by atoms with van der Waals surface area (Å²) >= 11 is 1.85. The summed E-state index contributed by atoms with van der Waals surface area (Å²) in [5, 5.41) is 16.6. The molecule has 0 saturated heterocycles. The Balaban J connectivity index is 1.92.